The zero-order valence-electron chi connectivity index (χ0n) is 18.5. The van der Waals surface area contributed by atoms with Crippen LogP contribution in [-0.4, -0.2) is 65.2 Å². The van der Waals surface area contributed by atoms with Gasteiger partial charge in [-0.15, -0.1) is 0 Å². The molecule has 1 unspecified atom stereocenters. The van der Waals surface area contributed by atoms with E-state index in [4.69, 9.17) is 4.74 Å². The first-order valence-corrected chi connectivity index (χ1v) is 11.3. The van der Waals surface area contributed by atoms with Gasteiger partial charge in [0.1, 0.15) is 18.9 Å². The number of aromatic nitrogens is 2. The molecule has 0 radical (unpaired) electrons. The van der Waals surface area contributed by atoms with E-state index in [0.29, 0.717) is 50.3 Å². The number of ether oxygens (including phenoxy) is 1. The van der Waals surface area contributed by atoms with E-state index in [2.05, 4.69) is 15.7 Å². The lowest BCUT2D eigenvalue weighted by Gasteiger charge is -2.41. The number of para-hydroxylation sites is 1. The minimum Gasteiger partial charge on any atom is -0.489 e. The van der Waals surface area contributed by atoms with E-state index in [9.17, 15) is 14.4 Å². The van der Waals surface area contributed by atoms with Gasteiger partial charge >= 0.3 is 0 Å². The molecular weight excluding hydrogens is 422 g/mol. The van der Waals surface area contributed by atoms with Gasteiger partial charge in [0.25, 0.3) is 5.91 Å². The van der Waals surface area contributed by atoms with Crippen LogP contribution in [0.25, 0.3) is 0 Å². The Hall–Kier alpha value is -3.62. The molecule has 1 aromatic carbocycles. The minimum atomic E-state index is -0.722. The Morgan fingerprint density at radius 3 is 2.82 bits per heavy atom. The topological polar surface area (TPSA) is 106 Å². The summed E-state index contributed by atoms with van der Waals surface area (Å²) in [6.07, 6.45) is 9.12. The van der Waals surface area contributed by atoms with Crippen molar-refractivity contribution >= 4 is 17.7 Å². The van der Waals surface area contributed by atoms with Gasteiger partial charge in [0.15, 0.2) is 0 Å². The predicted octanol–water partition coefficient (Wildman–Crippen LogP) is 1.38. The van der Waals surface area contributed by atoms with Crippen molar-refractivity contribution in [3.63, 3.8) is 0 Å². The van der Waals surface area contributed by atoms with E-state index < -0.39 is 5.41 Å². The lowest BCUT2D eigenvalue weighted by atomic mass is 9.76. The molecule has 0 aliphatic carbocycles. The fourth-order valence-corrected chi connectivity index (χ4v) is 4.35. The van der Waals surface area contributed by atoms with Gasteiger partial charge in [0, 0.05) is 38.6 Å². The van der Waals surface area contributed by atoms with Crippen LogP contribution in [0.15, 0.2) is 54.9 Å². The van der Waals surface area contributed by atoms with Crippen molar-refractivity contribution in [3.05, 3.63) is 60.4 Å². The molecule has 2 aromatic rings. The first-order valence-electron chi connectivity index (χ1n) is 11.3. The smallest absolute Gasteiger partial charge is 0.255 e. The molecule has 1 saturated heterocycles. The van der Waals surface area contributed by atoms with Gasteiger partial charge in [-0.3, -0.25) is 19.1 Å². The monoisotopic (exact) mass is 451 g/mol. The fourth-order valence-electron chi connectivity index (χ4n) is 4.35. The van der Waals surface area contributed by atoms with Crippen molar-refractivity contribution in [2.45, 2.75) is 25.8 Å². The maximum Gasteiger partial charge on any atom is 0.255 e. The average molecular weight is 452 g/mol. The minimum absolute atomic E-state index is 0.0545. The highest BCUT2D eigenvalue weighted by molar-refractivity contribution is 5.97. The summed E-state index contributed by atoms with van der Waals surface area (Å²) in [6.45, 7) is 2.00. The summed E-state index contributed by atoms with van der Waals surface area (Å²) < 4.78 is 7.39. The molecule has 33 heavy (non-hydrogen) atoms. The maximum absolute atomic E-state index is 13.3. The lowest BCUT2D eigenvalue weighted by molar-refractivity contribution is -0.142. The Bertz CT molecular complexity index is 1020. The number of amides is 3. The second kappa shape index (κ2) is 10.3. The van der Waals surface area contributed by atoms with Crippen LogP contribution in [0.3, 0.4) is 0 Å². The highest BCUT2D eigenvalue weighted by Gasteiger charge is 2.42. The number of carbonyl (C=O) groups is 3. The maximum atomic E-state index is 13.3. The van der Waals surface area contributed by atoms with Gasteiger partial charge in [0.05, 0.1) is 11.0 Å². The number of allylic oxidation sites excluding steroid dienone is 1. The molecule has 2 aliphatic heterocycles. The molecule has 1 aromatic heterocycles. The number of likely N-dealkylation sites (tertiary alicyclic amines) is 1. The zero-order valence-corrected chi connectivity index (χ0v) is 18.5. The third-order valence-electron chi connectivity index (χ3n) is 6.11. The Labute approximate surface area is 192 Å². The van der Waals surface area contributed by atoms with Crippen LogP contribution in [0.4, 0.5) is 0 Å². The second-order valence-electron chi connectivity index (χ2n) is 8.40. The van der Waals surface area contributed by atoms with Gasteiger partial charge < -0.3 is 20.3 Å². The number of nitrogens with one attached hydrogen (secondary N) is 2. The van der Waals surface area contributed by atoms with E-state index >= 15 is 0 Å². The van der Waals surface area contributed by atoms with Gasteiger partial charge in [-0.1, -0.05) is 24.3 Å². The molecule has 0 bridgehead atoms. The number of piperidine rings is 1. The van der Waals surface area contributed by atoms with Crippen LogP contribution >= 0.6 is 0 Å². The number of fused-ring (bicyclic) bond motifs is 1. The van der Waals surface area contributed by atoms with Crippen molar-refractivity contribution < 1.29 is 19.1 Å². The third-order valence-corrected chi connectivity index (χ3v) is 6.11. The Kier molecular flexibility index (Phi) is 7.07. The summed E-state index contributed by atoms with van der Waals surface area (Å²) in [5, 5.41) is 9.91. The average Bonchev–Trinajstić information content (AvgIpc) is 3.34. The standard InChI is InChI=1S/C24H29N5O4/c30-21(17-29-15-6-11-27-29)28-14-5-10-24(18-28)9-3-4-16-33-20-8-2-1-7-19(20)22(31)25-12-13-26-23(24)32/h1-4,6-8,11,15H,5,9-10,12-14,16-18H2,(H,25,31)(H,26,32)/b4-3+. The molecule has 2 aliphatic rings. The van der Waals surface area contributed by atoms with Crippen LogP contribution < -0.4 is 15.4 Å². The molecular formula is C24H29N5O4. The summed E-state index contributed by atoms with van der Waals surface area (Å²) in [7, 11) is 0. The fraction of sp³-hybridized carbons (Fsp3) is 0.417. The quantitative estimate of drug-likeness (QED) is 0.671. The van der Waals surface area contributed by atoms with E-state index in [1.807, 2.05) is 18.2 Å². The van der Waals surface area contributed by atoms with Crippen LogP contribution in [0.1, 0.15) is 29.6 Å². The number of rotatable bonds is 2. The molecule has 9 nitrogen and oxygen atoms in total. The van der Waals surface area contributed by atoms with Gasteiger partial charge in [-0.05, 0) is 37.5 Å². The van der Waals surface area contributed by atoms with Gasteiger partial charge in [-0.2, -0.15) is 5.10 Å². The SMILES string of the molecule is O=C1NCCNC(=O)C2(C/C=C/COc3ccccc31)CCCN(C(=O)Cn1cccn1)C2. The predicted molar refractivity (Wildman–Crippen MR) is 122 cm³/mol. The molecule has 174 valence electrons. The molecule has 2 N–H and O–H groups in total. The highest BCUT2D eigenvalue weighted by Crippen LogP contribution is 2.34. The van der Waals surface area contributed by atoms with E-state index in [0.717, 1.165) is 6.42 Å². The second-order valence-corrected chi connectivity index (χ2v) is 8.40. The van der Waals surface area contributed by atoms with Crippen molar-refractivity contribution in [1.29, 1.82) is 0 Å². The zero-order chi connectivity index (χ0) is 23.1. The summed E-state index contributed by atoms with van der Waals surface area (Å²) in [4.78, 5) is 40.4. The molecule has 1 spiro atoms. The van der Waals surface area contributed by atoms with Crippen LogP contribution in [-0.2, 0) is 16.1 Å². The van der Waals surface area contributed by atoms with Crippen LogP contribution in [0.2, 0.25) is 0 Å². The number of nitrogens with zero attached hydrogens (tertiary/aromatic N) is 3. The number of benzene rings is 1. The first-order chi connectivity index (χ1) is 16.1. The summed E-state index contributed by atoms with van der Waals surface area (Å²) in [5.74, 6) is 0.115. The summed E-state index contributed by atoms with van der Waals surface area (Å²) in [5.41, 5.74) is -0.259. The molecule has 0 saturated carbocycles. The third kappa shape index (κ3) is 5.42. The summed E-state index contributed by atoms with van der Waals surface area (Å²) in [6, 6.07) is 8.87. The molecule has 3 amide bonds. The van der Waals surface area contributed by atoms with Gasteiger partial charge in [0.2, 0.25) is 11.8 Å². The van der Waals surface area contributed by atoms with Gasteiger partial charge in [-0.25, -0.2) is 0 Å². The molecule has 1 atom stereocenters. The first kappa shape index (κ1) is 22.6. The molecule has 1 fully saturated rings. The number of carbonyl (C=O) groups excluding carboxylic acids is 3. The van der Waals surface area contributed by atoms with Crippen LogP contribution in [0, 0.1) is 5.41 Å². The largest absolute Gasteiger partial charge is 0.489 e. The van der Waals surface area contributed by atoms with Crippen molar-refractivity contribution in [2.75, 3.05) is 32.8 Å². The lowest BCUT2D eigenvalue weighted by Crippen LogP contribution is -2.54. The Morgan fingerprint density at radius 2 is 1.97 bits per heavy atom. The normalized spacial score (nSPS) is 23.0. The van der Waals surface area contributed by atoms with Crippen molar-refractivity contribution in [2.24, 2.45) is 5.41 Å². The Balaban J connectivity index is 1.49. The molecule has 9 heteroatoms. The van der Waals surface area contributed by atoms with Crippen molar-refractivity contribution in [3.8, 4) is 5.75 Å². The van der Waals surface area contributed by atoms with E-state index in [-0.39, 0.29) is 30.9 Å². The molecule has 3 heterocycles. The number of hydrogen-bond donors (Lipinski definition) is 2. The summed E-state index contributed by atoms with van der Waals surface area (Å²) >= 11 is 0. The number of hydrogen-bond acceptors (Lipinski definition) is 5. The van der Waals surface area contributed by atoms with E-state index in [1.165, 1.54) is 0 Å². The highest BCUT2D eigenvalue weighted by atomic mass is 16.5. The van der Waals surface area contributed by atoms with Crippen molar-refractivity contribution in [1.82, 2.24) is 25.3 Å². The Morgan fingerprint density at radius 1 is 1.12 bits per heavy atom. The van der Waals surface area contributed by atoms with E-state index in [1.54, 1.807) is 46.2 Å². The molecule has 4 rings (SSSR count). The van der Waals surface area contributed by atoms with Crippen LogP contribution in [0.5, 0.6) is 5.75 Å².